The van der Waals surface area contributed by atoms with Crippen molar-refractivity contribution in [3.05, 3.63) is 82.3 Å². The van der Waals surface area contributed by atoms with Gasteiger partial charge in [-0.3, -0.25) is 4.79 Å². The molecule has 3 aromatic rings. The summed E-state index contributed by atoms with van der Waals surface area (Å²) in [6.07, 6.45) is 3.39. The molecule has 0 unspecified atom stereocenters. The maximum atomic E-state index is 13.4. The van der Waals surface area contributed by atoms with E-state index >= 15 is 0 Å². The van der Waals surface area contributed by atoms with Crippen LogP contribution >= 0.6 is 11.6 Å². The van der Waals surface area contributed by atoms with Crippen LogP contribution < -0.4 is 9.64 Å². The topological polar surface area (TPSA) is 42.4 Å². The number of nitrogens with zero attached hydrogens (tertiary/aromatic N) is 2. The number of fused-ring (bicyclic) bond motifs is 1. The Kier molecular flexibility index (Phi) is 5.01. The van der Waals surface area contributed by atoms with Gasteiger partial charge in [-0.05, 0) is 55.7 Å². The van der Waals surface area contributed by atoms with Crippen LogP contribution in [-0.4, -0.2) is 17.4 Å². The fourth-order valence-corrected chi connectivity index (χ4v) is 3.54. The van der Waals surface area contributed by atoms with Gasteiger partial charge in [0, 0.05) is 24.5 Å². The number of pyridine rings is 1. The average molecular weight is 397 g/mol. The van der Waals surface area contributed by atoms with E-state index < -0.39 is 5.82 Å². The highest BCUT2D eigenvalue weighted by atomic mass is 35.5. The number of rotatable bonds is 3. The molecule has 4 nitrogen and oxygen atoms in total. The number of benzene rings is 2. The van der Waals surface area contributed by atoms with Gasteiger partial charge in [-0.2, -0.15) is 0 Å². The third kappa shape index (κ3) is 3.58. The first-order valence-electron chi connectivity index (χ1n) is 9.02. The van der Waals surface area contributed by atoms with E-state index in [1.807, 2.05) is 19.1 Å². The van der Waals surface area contributed by atoms with Gasteiger partial charge in [-0.15, -0.1) is 0 Å². The molecular weight excluding hydrogens is 379 g/mol. The number of hydrogen-bond donors (Lipinski definition) is 0. The molecule has 0 bridgehead atoms. The summed E-state index contributed by atoms with van der Waals surface area (Å²) in [5, 5.41) is -0.0540. The number of aromatic nitrogens is 1. The van der Waals surface area contributed by atoms with Crippen molar-refractivity contribution in [2.75, 3.05) is 11.4 Å². The molecule has 1 aliphatic rings. The lowest BCUT2D eigenvalue weighted by Crippen LogP contribution is -2.35. The van der Waals surface area contributed by atoms with Gasteiger partial charge < -0.3 is 9.64 Å². The molecule has 2 heterocycles. The van der Waals surface area contributed by atoms with E-state index in [0.29, 0.717) is 17.9 Å². The normalized spacial score (nSPS) is 13.2. The molecule has 0 N–H and O–H groups in total. The van der Waals surface area contributed by atoms with E-state index in [1.54, 1.807) is 23.2 Å². The minimum Gasteiger partial charge on any atom is -0.438 e. The molecule has 2 aromatic carbocycles. The lowest BCUT2D eigenvalue weighted by molar-refractivity contribution is 0.0982. The predicted octanol–water partition coefficient (Wildman–Crippen LogP) is 5.57. The van der Waals surface area contributed by atoms with E-state index in [9.17, 15) is 9.18 Å². The summed E-state index contributed by atoms with van der Waals surface area (Å²) in [7, 11) is 0. The maximum absolute atomic E-state index is 13.4. The quantitative estimate of drug-likeness (QED) is 0.581. The molecule has 142 valence electrons. The van der Waals surface area contributed by atoms with Crippen molar-refractivity contribution in [2.24, 2.45) is 0 Å². The molecule has 1 amide bonds. The number of carbonyl (C=O) groups is 1. The van der Waals surface area contributed by atoms with Crippen molar-refractivity contribution in [1.82, 2.24) is 4.98 Å². The number of carbonyl (C=O) groups excluding carboxylic acids is 1. The zero-order valence-electron chi connectivity index (χ0n) is 15.3. The van der Waals surface area contributed by atoms with E-state index in [-0.39, 0.29) is 16.8 Å². The van der Waals surface area contributed by atoms with Crippen molar-refractivity contribution in [1.29, 1.82) is 0 Å². The zero-order valence-corrected chi connectivity index (χ0v) is 16.0. The van der Waals surface area contributed by atoms with Gasteiger partial charge in [0.1, 0.15) is 17.1 Å². The Balaban J connectivity index is 1.67. The molecule has 0 atom stereocenters. The van der Waals surface area contributed by atoms with Crippen LogP contribution in [0.1, 0.15) is 27.9 Å². The Hall–Kier alpha value is -2.92. The Morgan fingerprint density at radius 1 is 1.21 bits per heavy atom. The van der Waals surface area contributed by atoms with Gasteiger partial charge >= 0.3 is 0 Å². The second kappa shape index (κ2) is 7.60. The largest absolute Gasteiger partial charge is 0.438 e. The Morgan fingerprint density at radius 3 is 2.89 bits per heavy atom. The summed E-state index contributed by atoms with van der Waals surface area (Å²) < 4.78 is 19.1. The molecule has 0 saturated carbocycles. The molecule has 0 saturated heterocycles. The fraction of sp³-hybridized carbons (Fsp3) is 0.182. The highest BCUT2D eigenvalue weighted by Crippen LogP contribution is 2.32. The van der Waals surface area contributed by atoms with Gasteiger partial charge in [0.2, 0.25) is 5.88 Å². The lowest BCUT2D eigenvalue weighted by atomic mass is 9.99. The molecule has 1 aliphatic heterocycles. The molecule has 4 rings (SSSR count). The van der Waals surface area contributed by atoms with Crippen LogP contribution in [0.15, 0.2) is 54.7 Å². The minimum absolute atomic E-state index is 0.0540. The molecule has 28 heavy (non-hydrogen) atoms. The first kappa shape index (κ1) is 18.4. The van der Waals surface area contributed by atoms with Gasteiger partial charge in [0.25, 0.3) is 5.91 Å². The molecular formula is C22H18ClFN2O2. The Bertz CT molecular complexity index is 1050. The van der Waals surface area contributed by atoms with Crippen molar-refractivity contribution in [2.45, 2.75) is 19.8 Å². The summed E-state index contributed by atoms with van der Waals surface area (Å²) in [4.78, 5) is 19.3. The third-order valence-electron chi connectivity index (χ3n) is 4.71. The van der Waals surface area contributed by atoms with Crippen LogP contribution in [0.5, 0.6) is 11.6 Å². The molecule has 0 fully saturated rings. The molecule has 0 radical (unpaired) electrons. The van der Waals surface area contributed by atoms with Gasteiger partial charge in [-0.25, -0.2) is 9.37 Å². The maximum Gasteiger partial charge on any atom is 0.263 e. The first-order chi connectivity index (χ1) is 13.5. The second-order valence-corrected chi connectivity index (χ2v) is 7.13. The first-order valence-corrected chi connectivity index (χ1v) is 9.40. The number of ether oxygens (including phenoxy) is 1. The molecule has 0 spiro atoms. The number of amides is 1. The molecule has 6 heteroatoms. The highest BCUT2D eigenvalue weighted by molar-refractivity contribution is 6.30. The minimum atomic E-state index is -0.536. The predicted molar refractivity (Wildman–Crippen MR) is 107 cm³/mol. The summed E-state index contributed by atoms with van der Waals surface area (Å²) in [5.74, 6) is -0.240. The van der Waals surface area contributed by atoms with Gasteiger partial charge in [-0.1, -0.05) is 29.3 Å². The number of anilines is 1. The number of hydrogen-bond acceptors (Lipinski definition) is 3. The van der Waals surface area contributed by atoms with E-state index in [1.165, 1.54) is 23.8 Å². The Labute approximate surface area is 167 Å². The third-order valence-corrected chi connectivity index (χ3v) is 5.00. The van der Waals surface area contributed by atoms with Crippen LogP contribution in [0.25, 0.3) is 0 Å². The fourth-order valence-electron chi connectivity index (χ4n) is 3.37. The summed E-state index contributed by atoms with van der Waals surface area (Å²) in [6, 6.07) is 13.5. The molecule has 1 aromatic heterocycles. The van der Waals surface area contributed by atoms with Crippen LogP contribution in [0.4, 0.5) is 10.1 Å². The van der Waals surface area contributed by atoms with Crippen LogP contribution in [0.3, 0.4) is 0 Å². The van der Waals surface area contributed by atoms with Crippen molar-refractivity contribution >= 4 is 23.2 Å². The van der Waals surface area contributed by atoms with Gasteiger partial charge in [0.05, 0.1) is 5.02 Å². The smallest absolute Gasteiger partial charge is 0.263 e. The average Bonchev–Trinajstić information content (AvgIpc) is 2.70. The van der Waals surface area contributed by atoms with E-state index in [2.05, 4.69) is 11.1 Å². The van der Waals surface area contributed by atoms with Crippen molar-refractivity contribution in [3.63, 3.8) is 0 Å². The van der Waals surface area contributed by atoms with Gasteiger partial charge in [0.15, 0.2) is 0 Å². The number of halogens is 2. The van der Waals surface area contributed by atoms with Crippen molar-refractivity contribution in [3.8, 4) is 11.6 Å². The lowest BCUT2D eigenvalue weighted by Gasteiger charge is -2.30. The SMILES string of the molecule is Cc1ccc2c(c1)CCCN2C(=O)c1cccnc1Oc1ccc(F)c(Cl)c1. The van der Waals surface area contributed by atoms with Crippen LogP contribution in [0.2, 0.25) is 5.02 Å². The molecule has 0 aliphatic carbocycles. The number of aryl methyl sites for hydroxylation is 2. The summed E-state index contributed by atoms with van der Waals surface area (Å²) in [6.45, 7) is 2.67. The monoisotopic (exact) mass is 396 g/mol. The Morgan fingerprint density at radius 2 is 2.07 bits per heavy atom. The summed E-state index contributed by atoms with van der Waals surface area (Å²) in [5.41, 5.74) is 3.60. The zero-order chi connectivity index (χ0) is 19.7. The van der Waals surface area contributed by atoms with Crippen molar-refractivity contribution < 1.29 is 13.9 Å². The second-order valence-electron chi connectivity index (χ2n) is 6.73. The van der Waals surface area contributed by atoms with Crippen LogP contribution in [0, 0.1) is 12.7 Å². The summed E-state index contributed by atoms with van der Waals surface area (Å²) >= 11 is 5.82. The van der Waals surface area contributed by atoms with E-state index in [0.717, 1.165) is 24.1 Å². The van der Waals surface area contributed by atoms with E-state index in [4.69, 9.17) is 16.3 Å². The van der Waals surface area contributed by atoms with Crippen LogP contribution in [-0.2, 0) is 6.42 Å². The highest BCUT2D eigenvalue weighted by Gasteiger charge is 2.26. The standard InChI is InChI=1S/C22H18ClFN2O2/c1-14-6-9-20-15(12-14)4-3-11-26(20)22(27)17-5-2-10-25-21(17)28-16-7-8-19(24)18(23)13-16/h2,5-10,12-13H,3-4,11H2,1H3.